The number of halogens is 1. The van der Waals surface area contributed by atoms with E-state index in [1.165, 1.54) is 4.90 Å². The average molecular weight is 703 g/mol. The number of aryl methyl sites for hydroxylation is 1. The lowest BCUT2D eigenvalue weighted by Gasteiger charge is -2.25. The van der Waals surface area contributed by atoms with Crippen molar-refractivity contribution in [2.75, 3.05) is 20.9 Å². The summed E-state index contributed by atoms with van der Waals surface area (Å²) in [6, 6.07) is 35.7. The van der Waals surface area contributed by atoms with Crippen LogP contribution in [0.1, 0.15) is 40.3 Å². The molecule has 0 fully saturated rings. The summed E-state index contributed by atoms with van der Waals surface area (Å²) in [5.74, 6) is -1.92. The molecule has 5 aromatic rings. The molecule has 1 aliphatic heterocycles. The highest BCUT2D eigenvalue weighted by Crippen LogP contribution is 2.40. The van der Waals surface area contributed by atoms with Crippen molar-refractivity contribution >= 4 is 58.2 Å². The fourth-order valence-electron chi connectivity index (χ4n) is 5.94. The van der Waals surface area contributed by atoms with Crippen molar-refractivity contribution < 1.29 is 29.0 Å². The zero-order valence-corrected chi connectivity index (χ0v) is 28.4. The van der Waals surface area contributed by atoms with E-state index in [0.717, 1.165) is 16.7 Å². The number of aliphatic carboxylic acids is 1. The van der Waals surface area contributed by atoms with Crippen LogP contribution in [0.4, 0.5) is 27.5 Å². The van der Waals surface area contributed by atoms with E-state index in [9.17, 15) is 24.3 Å². The fraction of sp³-hybridized carbons (Fsp3) is 0.150. The van der Waals surface area contributed by atoms with Gasteiger partial charge in [-0.05, 0) is 77.7 Å². The van der Waals surface area contributed by atoms with E-state index in [2.05, 4.69) is 16.0 Å². The minimum atomic E-state index is -1.26. The highest BCUT2D eigenvalue weighted by atomic mass is 35.5. The van der Waals surface area contributed by atoms with Gasteiger partial charge in [0.15, 0.2) is 0 Å². The predicted octanol–water partition coefficient (Wildman–Crippen LogP) is 7.97. The van der Waals surface area contributed by atoms with Crippen LogP contribution in [-0.4, -0.2) is 35.0 Å². The highest BCUT2D eigenvalue weighted by molar-refractivity contribution is 6.30. The second-order valence-electron chi connectivity index (χ2n) is 12.2. The topological polar surface area (TPSA) is 137 Å². The first kappa shape index (κ1) is 34.9. The molecule has 0 aliphatic carbocycles. The maximum absolute atomic E-state index is 14.0. The normalized spacial score (nSPS) is 15.3. The number of carbonyl (C=O) groups excluding carboxylic acids is 3. The summed E-state index contributed by atoms with van der Waals surface area (Å²) in [5.41, 5.74) is 6.16. The summed E-state index contributed by atoms with van der Waals surface area (Å²) in [7, 11) is 0. The van der Waals surface area contributed by atoms with Gasteiger partial charge in [-0.25, -0.2) is 4.79 Å². The molecule has 0 saturated carbocycles. The molecule has 2 atom stereocenters. The second kappa shape index (κ2) is 15.7. The molecule has 0 aromatic heterocycles. The van der Waals surface area contributed by atoms with E-state index in [1.54, 1.807) is 60.7 Å². The number of urea groups is 1. The van der Waals surface area contributed by atoms with Gasteiger partial charge in [0.05, 0.1) is 25.1 Å². The standard InChI is InChI=1S/C40H35ClN4O6/c1-25-8-5-6-13-33(25)44-40(50)43-30-17-14-26(15-18-30)21-36(46)42-31-12-7-9-27(20-31)24-45-34-19-16-29(41)22-32(34)38(28-10-3-2-4-11-28)51-35(39(45)49)23-37(47)48/h2-20,22,35,38H,21,23-24H2,1H3,(H,42,46)(H,47,48)(H2,43,44,50)/t35?,38-/m0/s1. The molecule has 4 amide bonds. The number of hydrogen-bond donors (Lipinski definition) is 4. The summed E-state index contributed by atoms with van der Waals surface area (Å²) in [4.78, 5) is 52.8. The molecule has 0 spiro atoms. The molecular formula is C40H35ClN4O6. The van der Waals surface area contributed by atoms with Crippen LogP contribution < -0.4 is 20.9 Å². The number of rotatable bonds is 10. The first-order valence-corrected chi connectivity index (χ1v) is 16.6. The van der Waals surface area contributed by atoms with Crippen molar-refractivity contribution in [2.45, 2.75) is 38.5 Å². The number of carbonyl (C=O) groups is 4. The quantitative estimate of drug-likeness (QED) is 0.117. The number of benzene rings is 5. The van der Waals surface area contributed by atoms with Crippen LogP contribution in [-0.2, 0) is 32.1 Å². The molecule has 0 radical (unpaired) electrons. The Bertz CT molecular complexity index is 2070. The molecule has 258 valence electrons. The number of ether oxygens (including phenoxy) is 1. The van der Waals surface area contributed by atoms with Gasteiger partial charge in [-0.2, -0.15) is 0 Å². The average Bonchev–Trinajstić information content (AvgIpc) is 3.21. The van der Waals surface area contributed by atoms with Gasteiger partial charge >= 0.3 is 12.0 Å². The summed E-state index contributed by atoms with van der Waals surface area (Å²) in [6.45, 7) is 2.00. The van der Waals surface area contributed by atoms with Gasteiger partial charge in [0.2, 0.25) is 5.91 Å². The van der Waals surface area contributed by atoms with Crippen molar-refractivity contribution in [1.29, 1.82) is 0 Å². The van der Waals surface area contributed by atoms with Crippen LogP contribution in [0.3, 0.4) is 0 Å². The number of hydrogen-bond acceptors (Lipinski definition) is 5. The number of carboxylic acids is 1. The Morgan fingerprint density at radius 1 is 0.784 bits per heavy atom. The number of carboxylic acid groups (broad SMARTS) is 1. The Morgan fingerprint density at radius 2 is 1.53 bits per heavy atom. The lowest BCUT2D eigenvalue weighted by molar-refractivity contribution is -0.147. The lowest BCUT2D eigenvalue weighted by atomic mass is 9.99. The molecular weight excluding hydrogens is 668 g/mol. The summed E-state index contributed by atoms with van der Waals surface area (Å²) < 4.78 is 6.25. The van der Waals surface area contributed by atoms with Gasteiger partial charge in [0.25, 0.3) is 5.91 Å². The van der Waals surface area contributed by atoms with E-state index in [-0.39, 0.29) is 24.9 Å². The van der Waals surface area contributed by atoms with Crippen LogP contribution in [0.15, 0.2) is 121 Å². The zero-order chi connectivity index (χ0) is 35.9. The predicted molar refractivity (Wildman–Crippen MR) is 197 cm³/mol. The van der Waals surface area contributed by atoms with Gasteiger partial charge in [0.1, 0.15) is 12.2 Å². The van der Waals surface area contributed by atoms with E-state index in [4.69, 9.17) is 16.3 Å². The van der Waals surface area contributed by atoms with Crippen molar-refractivity contribution in [1.82, 2.24) is 0 Å². The summed E-state index contributed by atoms with van der Waals surface area (Å²) >= 11 is 6.42. The maximum Gasteiger partial charge on any atom is 0.323 e. The lowest BCUT2D eigenvalue weighted by Crippen LogP contribution is -2.40. The number of fused-ring (bicyclic) bond motifs is 1. The van der Waals surface area contributed by atoms with Crippen LogP contribution in [0.5, 0.6) is 0 Å². The fourth-order valence-corrected chi connectivity index (χ4v) is 6.12. The van der Waals surface area contributed by atoms with Crippen LogP contribution in [0, 0.1) is 6.92 Å². The van der Waals surface area contributed by atoms with Crippen LogP contribution in [0.2, 0.25) is 5.02 Å². The SMILES string of the molecule is Cc1ccccc1NC(=O)Nc1ccc(CC(=O)Nc2cccc(CN3C(=O)C(CC(=O)O)O[C@@H](c4ccccc4)c4cc(Cl)ccc43)c2)cc1. The van der Waals surface area contributed by atoms with Gasteiger partial charge in [-0.3, -0.25) is 14.4 Å². The van der Waals surface area contributed by atoms with Gasteiger partial charge in [-0.15, -0.1) is 0 Å². The molecule has 1 unspecified atom stereocenters. The van der Waals surface area contributed by atoms with E-state index >= 15 is 0 Å². The molecule has 0 bridgehead atoms. The van der Waals surface area contributed by atoms with Crippen LogP contribution >= 0.6 is 11.6 Å². The first-order chi connectivity index (χ1) is 24.6. The third kappa shape index (κ3) is 8.80. The molecule has 51 heavy (non-hydrogen) atoms. The van der Waals surface area contributed by atoms with E-state index in [0.29, 0.717) is 38.9 Å². The zero-order valence-electron chi connectivity index (χ0n) is 27.6. The van der Waals surface area contributed by atoms with Crippen molar-refractivity contribution in [2.24, 2.45) is 0 Å². The van der Waals surface area contributed by atoms with Gasteiger partial charge < -0.3 is 30.7 Å². The highest BCUT2D eigenvalue weighted by Gasteiger charge is 2.37. The Kier molecular flexibility index (Phi) is 10.7. The van der Waals surface area contributed by atoms with Gasteiger partial charge in [0, 0.05) is 27.6 Å². The monoisotopic (exact) mass is 702 g/mol. The smallest absolute Gasteiger partial charge is 0.323 e. The number of anilines is 4. The molecule has 5 aromatic carbocycles. The minimum absolute atomic E-state index is 0.0873. The summed E-state index contributed by atoms with van der Waals surface area (Å²) in [6.07, 6.45) is -2.42. The third-order valence-corrected chi connectivity index (χ3v) is 8.62. The molecule has 1 aliphatic rings. The molecule has 4 N–H and O–H groups in total. The van der Waals surface area contributed by atoms with Gasteiger partial charge in [-0.1, -0.05) is 84.4 Å². The third-order valence-electron chi connectivity index (χ3n) is 8.39. The Labute approximate surface area is 300 Å². The molecule has 10 nitrogen and oxygen atoms in total. The molecule has 11 heteroatoms. The van der Waals surface area contributed by atoms with Crippen molar-refractivity contribution in [3.8, 4) is 0 Å². The largest absolute Gasteiger partial charge is 0.481 e. The Hall–Kier alpha value is -5.97. The number of nitrogens with one attached hydrogen (secondary N) is 3. The van der Waals surface area contributed by atoms with E-state index < -0.39 is 30.5 Å². The van der Waals surface area contributed by atoms with E-state index in [1.807, 2.05) is 67.6 Å². The Balaban J connectivity index is 1.15. The molecule has 0 saturated heterocycles. The van der Waals surface area contributed by atoms with Crippen molar-refractivity contribution in [3.05, 3.63) is 154 Å². The first-order valence-electron chi connectivity index (χ1n) is 16.3. The Morgan fingerprint density at radius 3 is 2.27 bits per heavy atom. The minimum Gasteiger partial charge on any atom is -0.481 e. The summed E-state index contributed by atoms with van der Waals surface area (Å²) in [5, 5.41) is 18.7. The number of amides is 4. The van der Waals surface area contributed by atoms with Crippen molar-refractivity contribution in [3.63, 3.8) is 0 Å². The maximum atomic E-state index is 14.0. The molecule has 1 heterocycles. The number of para-hydroxylation sites is 1. The second-order valence-corrected chi connectivity index (χ2v) is 12.6. The molecule has 6 rings (SSSR count). The van der Waals surface area contributed by atoms with Crippen LogP contribution in [0.25, 0.3) is 0 Å². The number of nitrogens with zero attached hydrogens (tertiary/aromatic N) is 1.